The van der Waals surface area contributed by atoms with Crippen LogP contribution in [-0.2, 0) is 9.59 Å². The number of likely N-dealkylation sites (tertiary alicyclic amines) is 1. The second kappa shape index (κ2) is 7.48. The first kappa shape index (κ1) is 16.0. The quantitative estimate of drug-likeness (QED) is 0.760. The highest BCUT2D eigenvalue weighted by Gasteiger charge is 2.37. The SMILES string of the molecule is CCCN(CCC)C(=O)CN1CCC(C)C1C(=O)O. The van der Waals surface area contributed by atoms with Gasteiger partial charge in [-0.05, 0) is 31.7 Å². The van der Waals surface area contributed by atoms with E-state index in [-0.39, 0.29) is 18.4 Å². The molecule has 2 atom stereocenters. The number of aliphatic carboxylic acids is 1. The monoisotopic (exact) mass is 270 g/mol. The second-order valence-electron chi connectivity index (χ2n) is 5.40. The molecule has 0 saturated carbocycles. The molecule has 0 spiro atoms. The minimum Gasteiger partial charge on any atom is -0.480 e. The number of rotatable bonds is 7. The molecule has 0 aromatic carbocycles. The van der Waals surface area contributed by atoms with E-state index in [9.17, 15) is 14.7 Å². The lowest BCUT2D eigenvalue weighted by molar-refractivity contribution is -0.144. The summed E-state index contributed by atoms with van der Waals surface area (Å²) in [5.41, 5.74) is 0. The predicted molar refractivity (Wildman–Crippen MR) is 73.9 cm³/mol. The molecule has 1 N–H and O–H groups in total. The van der Waals surface area contributed by atoms with Gasteiger partial charge in [0.1, 0.15) is 6.04 Å². The van der Waals surface area contributed by atoms with Gasteiger partial charge in [-0.15, -0.1) is 0 Å². The van der Waals surface area contributed by atoms with Gasteiger partial charge < -0.3 is 10.0 Å². The highest BCUT2D eigenvalue weighted by molar-refractivity contribution is 5.80. The third-order valence-corrected chi connectivity index (χ3v) is 3.74. The van der Waals surface area contributed by atoms with Crippen LogP contribution in [0.25, 0.3) is 0 Å². The number of hydrogen-bond donors (Lipinski definition) is 1. The topological polar surface area (TPSA) is 60.9 Å². The Morgan fingerprint density at radius 3 is 2.32 bits per heavy atom. The van der Waals surface area contributed by atoms with Crippen LogP contribution in [0, 0.1) is 5.92 Å². The highest BCUT2D eigenvalue weighted by atomic mass is 16.4. The predicted octanol–water partition coefficient (Wildman–Crippen LogP) is 1.43. The molecule has 0 aromatic heterocycles. The fourth-order valence-electron chi connectivity index (χ4n) is 2.78. The first-order valence-corrected chi connectivity index (χ1v) is 7.25. The third kappa shape index (κ3) is 4.20. The lowest BCUT2D eigenvalue weighted by Crippen LogP contribution is -2.46. The van der Waals surface area contributed by atoms with Gasteiger partial charge in [-0.1, -0.05) is 20.8 Å². The minimum atomic E-state index is -0.810. The zero-order chi connectivity index (χ0) is 14.4. The fraction of sp³-hybridized carbons (Fsp3) is 0.857. The first-order valence-electron chi connectivity index (χ1n) is 7.25. The van der Waals surface area contributed by atoms with E-state index < -0.39 is 12.0 Å². The summed E-state index contributed by atoms with van der Waals surface area (Å²) < 4.78 is 0. The lowest BCUT2D eigenvalue weighted by Gasteiger charge is -2.27. The molecule has 1 rings (SSSR count). The lowest BCUT2D eigenvalue weighted by atomic mass is 10.0. The van der Waals surface area contributed by atoms with Gasteiger partial charge >= 0.3 is 5.97 Å². The summed E-state index contributed by atoms with van der Waals surface area (Å²) in [5.74, 6) is -0.629. The number of carbonyl (C=O) groups excluding carboxylic acids is 1. The molecular formula is C14H26N2O3. The number of carboxylic acids is 1. The van der Waals surface area contributed by atoms with Crippen molar-refractivity contribution in [1.29, 1.82) is 0 Å². The van der Waals surface area contributed by atoms with E-state index in [2.05, 4.69) is 0 Å². The van der Waals surface area contributed by atoms with Crippen molar-refractivity contribution < 1.29 is 14.7 Å². The standard InChI is InChI=1S/C14H26N2O3/c1-4-7-15(8-5-2)12(17)10-16-9-6-11(3)13(16)14(18)19/h11,13H,4-10H2,1-3H3,(H,18,19). The molecule has 2 unspecified atom stereocenters. The maximum atomic E-state index is 12.2. The van der Waals surface area contributed by atoms with Crippen molar-refractivity contribution in [2.45, 2.75) is 46.1 Å². The van der Waals surface area contributed by atoms with Crippen LogP contribution in [0.2, 0.25) is 0 Å². The molecule has 1 saturated heterocycles. The van der Waals surface area contributed by atoms with Gasteiger partial charge in [-0.25, -0.2) is 0 Å². The van der Waals surface area contributed by atoms with E-state index in [0.717, 1.165) is 32.4 Å². The van der Waals surface area contributed by atoms with Crippen molar-refractivity contribution in [2.75, 3.05) is 26.2 Å². The van der Waals surface area contributed by atoms with Crippen LogP contribution < -0.4 is 0 Å². The molecule has 5 nitrogen and oxygen atoms in total. The normalized spacial score (nSPS) is 23.5. The Morgan fingerprint density at radius 1 is 1.26 bits per heavy atom. The molecule has 0 radical (unpaired) electrons. The van der Waals surface area contributed by atoms with Crippen LogP contribution in [0.5, 0.6) is 0 Å². The van der Waals surface area contributed by atoms with Crippen molar-refractivity contribution in [2.24, 2.45) is 5.92 Å². The molecule has 110 valence electrons. The Labute approximate surface area is 115 Å². The van der Waals surface area contributed by atoms with E-state index in [1.165, 1.54) is 0 Å². The molecule has 0 bridgehead atoms. The average molecular weight is 270 g/mol. The van der Waals surface area contributed by atoms with Crippen LogP contribution in [0.1, 0.15) is 40.0 Å². The van der Waals surface area contributed by atoms with Crippen LogP contribution in [0.4, 0.5) is 0 Å². The first-order chi connectivity index (χ1) is 9.01. The van der Waals surface area contributed by atoms with Crippen molar-refractivity contribution >= 4 is 11.9 Å². The van der Waals surface area contributed by atoms with Gasteiger partial charge in [0.2, 0.25) is 5.91 Å². The molecule has 1 heterocycles. The average Bonchev–Trinajstić information content (AvgIpc) is 2.70. The number of hydrogen-bond acceptors (Lipinski definition) is 3. The van der Waals surface area contributed by atoms with E-state index in [0.29, 0.717) is 6.54 Å². The largest absolute Gasteiger partial charge is 0.480 e. The van der Waals surface area contributed by atoms with Crippen LogP contribution >= 0.6 is 0 Å². The molecule has 0 aromatic rings. The Bertz CT molecular complexity index is 314. The summed E-state index contributed by atoms with van der Waals surface area (Å²) in [6.45, 7) is 8.50. The number of nitrogens with zero attached hydrogens (tertiary/aromatic N) is 2. The summed E-state index contributed by atoms with van der Waals surface area (Å²) >= 11 is 0. The van der Waals surface area contributed by atoms with Gasteiger partial charge in [-0.3, -0.25) is 14.5 Å². The van der Waals surface area contributed by atoms with Gasteiger partial charge in [0.25, 0.3) is 0 Å². The minimum absolute atomic E-state index is 0.0593. The third-order valence-electron chi connectivity index (χ3n) is 3.74. The number of amides is 1. The molecule has 5 heteroatoms. The Kier molecular flexibility index (Phi) is 6.28. The van der Waals surface area contributed by atoms with Crippen LogP contribution in [0.15, 0.2) is 0 Å². The van der Waals surface area contributed by atoms with E-state index >= 15 is 0 Å². The maximum Gasteiger partial charge on any atom is 0.321 e. The van der Waals surface area contributed by atoms with E-state index in [4.69, 9.17) is 0 Å². The van der Waals surface area contributed by atoms with Gasteiger partial charge in [0.05, 0.1) is 6.54 Å². The maximum absolute atomic E-state index is 12.2. The Hall–Kier alpha value is -1.10. The Balaban J connectivity index is 2.61. The van der Waals surface area contributed by atoms with Crippen molar-refractivity contribution in [3.63, 3.8) is 0 Å². The molecule has 0 aliphatic carbocycles. The summed E-state index contributed by atoms with van der Waals surface area (Å²) in [7, 11) is 0. The molecule has 1 aliphatic rings. The second-order valence-corrected chi connectivity index (χ2v) is 5.40. The zero-order valence-electron chi connectivity index (χ0n) is 12.3. The summed E-state index contributed by atoms with van der Waals surface area (Å²) in [6.07, 6.45) is 2.72. The molecule has 1 aliphatic heterocycles. The molecule has 1 amide bonds. The number of carboxylic acid groups (broad SMARTS) is 1. The van der Waals surface area contributed by atoms with Gasteiger partial charge in [0.15, 0.2) is 0 Å². The van der Waals surface area contributed by atoms with E-state index in [1.54, 1.807) is 0 Å². The van der Waals surface area contributed by atoms with Crippen molar-refractivity contribution in [1.82, 2.24) is 9.80 Å². The summed E-state index contributed by atoms with van der Waals surface area (Å²) in [4.78, 5) is 27.2. The number of carbonyl (C=O) groups is 2. The fourth-order valence-corrected chi connectivity index (χ4v) is 2.78. The van der Waals surface area contributed by atoms with Crippen LogP contribution in [-0.4, -0.2) is 59.0 Å². The van der Waals surface area contributed by atoms with Crippen molar-refractivity contribution in [3.8, 4) is 0 Å². The summed E-state index contributed by atoms with van der Waals surface area (Å²) in [6, 6.07) is -0.506. The molecular weight excluding hydrogens is 244 g/mol. The zero-order valence-corrected chi connectivity index (χ0v) is 12.3. The van der Waals surface area contributed by atoms with Gasteiger partial charge in [-0.2, -0.15) is 0 Å². The molecule has 1 fully saturated rings. The summed E-state index contributed by atoms with van der Waals surface area (Å²) in [5, 5.41) is 9.25. The van der Waals surface area contributed by atoms with Crippen molar-refractivity contribution in [3.05, 3.63) is 0 Å². The smallest absolute Gasteiger partial charge is 0.321 e. The van der Waals surface area contributed by atoms with Gasteiger partial charge in [0, 0.05) is 13.1 Å². The van der Waals surface area contributed by atoms with Crippen LogP contribution in [0.3, 0.4) is 0 Å². The molecule has 19 heavy (non-hydrogen) atoms. The Morgan fingerprint density at radius 2 is 1.84 bits per heavy atom. The highest BCUT2D eigenvalue weighted by Crippen LogP contribution is 2.23. The van der Waals surface area contributed by atoms with E-state index in [1.807, 2.05) is 30.6 Å².